The lowest BCUT2D eigenvalue weighted by Crippen LogP contribution is -2.52. The van der Waals surface area contributed by atoms with Crippen LogP contribution in [0.25, 0.3) is 0 Å². The fourth-order valence-corrected chi connectivity index (χ4v) is 2.80. The van der Waals surface area contributed by atoms with Gasteiger partial charge in [0.05, 0.1) is 11.7 Å². The van der Waals surface area contributed by atoms with Crippen LogP contribution < -0.4 is 10.6 Å². The van der Waals surface area contributed by atoms with Crippen LogP contribution in [0.2, 0.25) is 0 Å². The highest BCUT2D eigenvalue weighted by Crippen LogP contribution is 2.30. The van der Waals surface area contributed by atoms with Gasteiger partial charge in [-0.3, -0.25) is 0 Å². The number of rotatable bonds is 2. The molecule has 18 heavy (non-hydrogen) atoms. The van der Waals surface area contributed by atoms with Gasteiger partial charge in [0.1, 0.15) is 0 Å². The molecule has 0 bridgehead atoms. The summed E-state index contributed by atoms with van der Waals surface area (Å²) < 4.78 is 5.95. The molecule has 2 atom stereocenters. The quantitative estimate of drug-likeness (QED) is 0.874. The molecule has 1 heterocycles. The van der Waals surface area contributed by atoms with Crippen molar-refractivity contribution < 1.29 is 4.74 Å². The molecular formula is C15H24N2O. The van der Waals surface area contributed by atoms with Gasteiger partial charge in [0.25, 0.3) is 0 Å². The van der Waals surface area contributed by atoms with Gasteiger partial charge in [0.15, 0.2) is 0 Å². The maximum Gasteiger partial charge on any atom is 0.0805 e. The lowest BCUT2D eigenvalue weighted by atomic mass is 10.0. The van der Waals surface area contributed by atoms with Crippen molar-refractivity contribution in [2.75, 3.05) is 18.0 Å². The van der Waals surface area contributed by atoms with Gasteiger partial charge in [-0.1, -0.05) is 18.2 Å². The second kappa shape index (κ2) is 4.90. The number of hydrogen-bond acceptors (Lipinski definition) is 3. The van der Waals surface area contributed by atoms with Crippen molar-refractivity contribution in [2.45, 2.75) is 45.4 Å². The number of para-hydroxylation sites is 1. The number of ether oxygens (including phenoxy) is 1. The van der Waals surface area contributed by atoms with E-state index in [2.05, 4.69) is 49.9 Å². The van der Waals surface area contributed by atoms with Crippen molar-refractivity contribution in [2.24, 2.45) is 5.73 Å². The summed E-state index contributed by atoms with van der Waals surface area (Å²) in [5.74, 6) is 0. The number of nitrogens with two attached hydrogens (primary N) is 1. The van der Waals surface area contributed by atoms with E-state index in [1.807, 2.05) is 6.92 Å². The Morgan fingerprint density at radius 2 is 2.06 bits per heavy atom. The van der Waals surface area contributed by atoms with E-state index in [9.17, 15) is 0 Å². The van der Waals surface area contributed by atoms with Crippen LogP contribution >= 0.6 is 0 Å². The first-order valence-electron chi connectivity index (χ1n) is 6.66. The van der Waals surface area contributed by atoms with E-state index in [-0.39, 0.29) is 17.7 Å². The van der Waals surface area contributed by atoms with E-state index < -0.39 is 0 Å². The van der Waals surface area contributed by atoms with Crippen LogP contribution in [0, 0.1) is 0 Å². The zero-order valence-electron chi connectivity index (χ0n) is 11.8. The molecule has 1 saturated heterocycles. The molecule has 3 nitrogen and oxygen atoms in total. The lowest BCUT2D eigenvalue weighted by molar-refractivity contribution is -0.0750. The van der Waals surface area contributed by atoms with Gasteiger partial charge in [-0.25, -0.2) is 0 Å². The van der Waals surface area contributed by atoms with E-state index in [1.165, 1.54) is 11.3 Å². The first-order chi connectivity index (χ1) is 8.39. The first-order valence-corrected chi connectivity index (χ1v) is 6.66. The summed E-state index contributed by atoms with van der Waals surface area (Å²) in [6.07, 6.45) is 0.245. The van der Waals surface area contributed by atoms with Crippen molar-refractivity contribution in [1.82, 2.24) is 0 Å². The number of benzene rings is 1. The van der Waals surface area contributed by atoms with Gasteiger partial charge in [0.2, 0.25) is 0 Å². The highest BCUT2D eigenvalue weighted by atomic mass is 16.5. The Hall–Kier alpha value is -1.06. The molecule has 2 rings (SSSR count). The zero-order chi connectivity index (χ0) is 13.3. The van der Waals surface area contributed by atoms with Crippen LogP contribution in [-0.4, -0.2) is 24.8 Å². The van der Waals surface area contributed by atoms with Gasteiger partial charge < -0.3 is 15.4 Å². The number of anilines is 1. The number of morpholine rings is 1. The normalized spacial score (nSPS) is 24.9. The Morgan fingerprint density at radius 3 is 2.67 bits per heavy atom. The predicted octanol–water partition coefficient (Wildman–Crippen LogP) is 2.71. The van der Waals surface area contributed by atoms with E-state index in [1.54, 1.807) is 0 Å². The fraction of sp³-hybridized carbons (Fsp3) is 0.600. The molecule has 0 spiro atoms. The molecule has 1 aliphatic heterocycles. The maximum absolute atomic E-state index is 6.07. The average molecular weight is 248 g/mol. The Morgan fingerprint density at radius 1 is 1.39 bits per heavy atom. The highest BCUT2D eigenvalue weighted by molar-refractivity contribution is 5.55. The SMILES string of the molecule is CC1CN(c2ccccc2C(C)N)CC(C)(C)O1. The minimum Gasteiger partial charge on any atom is -0.369 e. The van der Waals surface area contributed by atoms with Gasteiger partial charge in [0, 0.05) is 24.8 Å². The summed E-state index contributed by atoms with van der Waals surface area (Å²) >= 11 is 0. The first kappa shape index (κ1) is 13.4. The molecule has 0 amide bonds. The minimum absolute atomic E-state index is 0.0578. The van der Waals surface area contributed by atoms with E-state index in [0.29, 0.717) is 0 Å². The van der Waals surface area contributed by atoms with Crippen LogP contribution in [0.3, 0.4) is 0 Å². The van der Waals surface area contributed by atoms with Crippen molar-refractivity contribution in [3.8, 4) is 0 Å². The van der Waals surface area contributed by atoms with Crippen LogP contribution in [-0.2, 0) is 4.74 Å². The average Bonchev–Trinajstić information content (AvgIpc) is 2.26. The standard InChI is InChI=1S/C15H24N2O/c1-11-9-17(10-15(3,4)18-11)14-8-6-5-7-13(14)12(2)16/h5-8,11-12H,9-10,16H2,1-4H3. The third-order valence-corrected chi connectivity index (χ3v) is 3.34. The fourth-order valence-electron chi connectivity index (χ4n) is 2.80. The van der Waals surface area contributed by atoms with Crippen LogP contribution in [0.1, 0.15) is 39.3 Å². The summed E-state index contributed by atoms with van der Waals surface area (Å²) in [4.78, 5) is 2.40. The van der Waals surface area contributed by atoms with E-state index in [4.69, 9.17) is 10.5 Å². The molecule has 1 fully saturated rings. The third kappa shape index (κ3) is 2.85. The Bertz CT molecular complexity index is 415. The molecule has 1 aliphatic rings. The summed E-state index contributed by atoms with van der Waals surface area (Å²) in [6.45, 7) is 10.3. The number of nitrogens with zero attached hydrogens (tertiary/aromatic N) is 1. The molecule has 0 saturated carbocycles. The highest BCUT2D eigenvalue weighted by Gasteiger charge is 2.32. The monoisotopic (exact) mass is 248 g/mol. The second-order valence-electron chi connectivity index (χ2n) is 5.92. The van der Waals surface area contributed by atoms with Crippen LogP contribution in [0.4, 0.5) is 5.69 Å². The van der Waals surface area contributed by atoms with Gasteiger partial charge in [-0.15, -0.1) is 0 Å². The molecule has 1 aromatic carbocycles. The molecule has 0 aliphatic carbocycles. The molecule has 0 radical (unpaired) electrons. The minimum atomic E-state index is -0.109. The second-order valence-corrected chi connectivity index (χ2v) is 5.92. The molecule has 2 N–H and O–H groups in total. The predicted molar refractivity (Wildman–Crippen MR) is 75.9 cm³/mol. The molecular weight excluding hydrogens is 224 g/mol. The summed E-state index contributed by atoms with van der Waals surface area (Å²) in [5, 5.41) is 0. The van der Waals surface area contributed by atoms with Gasteiger partial charge >= 0.3 is 0 Å². The van der Waals surface area contributed by atoms with Crippen molar-refractivity contribution in [3.05, 3.63) is 29.8 Å². The summed E-state index contributed by atoms with van der Waals surface area (Å²) in [6, 6.07) is 8.47. The largest absolute Gasteiger partial charge is 0.369 e. The molecule has 1 aromatic rings. The van der Waals surface area contributed by atoms with E-state index in [0.717, 1.165) is 13.1 Å². The number of hydrogen-bond donors (Lipinski definition) is 1. The molecule has 100 valence electrons. The lowest BCUT2D eigenvalue weighted by Gasteiger charge is -2.43. The molecule has 0 aromatic heterocycles. The molecule has 2 unspecified atom stereocenters. The van der Waals surface area contributed by atoms with E-state index >= 15 is 0 Å². The zero-order valence-corrected chi connectivity index (χ0v) is 11.8. The van der Waals surface area contributed by atoms with Crippen molar-refractivity contribution >= 4 is 5.69 Å². The maximum atomic E-state index is 6.07. The smallest absolute Gasteiger partial charge is 0.0805 e. The topological polar surface area (TPSA) is 38.5 Å². The van der Waals surface area contributed by atoms with Crippen LogP contribution in [0.15, 0.2) is 24.3 Å². The summed E-state index contributed by atoms with van der Waals surface area (Å²) in [5.41, 5.74) is 8.41. The Labute approximate surface area is 110 Å². The van der Waals surface area contributed by atoms with Crippen molar-refractivity contribution in [1.29, 1.82) is 0 Å². The Balaban J connectivity index is 2.31. The van der Waals surface area contributed by atoms with Gasteiger partial charge in [-0.05, 0) is 39.3 Å². The Kier molecular flexibility index (Phi) is 3.64. The van der Waals surface area contributed by atoms with Gasteiger partial charge in [-0.2, -0.15) is 0 Å². The summed E-state index contributed by atoms with van der Waals surface area (Å²) in [7, 11) is 0. The van der Waals surface area contributed by atoms with Crippen LogP contribution in [0.5, 0.6) is 0 Å². The molecule has 3 heteroatoms. The van der Waals surface area contributed by atoms with Crippen molar-refractivity contribution in [3.63, 3.8) is 0 Å². The third-order valence-electron chi connectivity index (χ3n) is 3.34.